The topological polar surface area (TPSA) is 21.3 Å². The maximum Gasteiger partial charge on any atom is 0.0876 e. The van der Waals surface area contributed by atoms with Gasteiger partial charge >= 0.3 is 0 Å². The molecule has 1 unspecified atom stereocenters. The molecule has 0 aromatic rings. The maximum absolute atomic E-state index is 5.40. The summed E-state index contributed by atoms with van der Waals surface area (Å²) >= 11 is 0. The highest BCUT2D eigenvalue weighted by Gasteiger charge is 2.22. The summed E-state index contributed by atoms with van der Waals surface area (Å²) in [5, 5.41) is 3.43. The molecule has 1 N–H and O–H groups in total. The van der Waals surface area contributed by atoms with Crippen molar-refractivity contribution in [3.8, 4) is 0 Å². The number of nitrogens with one attached hydrogen (secondary N) is 1. The molecule has 82 valence electrons. The van der Waals surface area contributed by atoms with Gasteiger partial charge in [-0.05, 0) is 31.4 Å². The predicted molar refractivity (Wildman–Crippen MR) is 60.2 cm³/mol. The molecule has 0 saturated carbocycles. The van der Waals surface area contributed by atoms with Gasteiger partial charge < -0.3 is 10.1 Å². The number of ether oxygens (including phenoxy) is 1. The van der Waals surface area contributed by atoms with E-state index in [4.69, 9.17) is 4.74 Å². The molecular weight excluding hydrogens is 174 g/mol. The lowest BCUT2D eigenvalue weighted by Gasteiger charge is -2.29. The molecule has 0 aromatic carbocycles. The maximum atomic E-state index is 5.40. The number of rotatable bonds is 5. The Bertz CT molecular complexity index is 185. The first-order valence-corrected chi connectivity index (χ1v) is 5.81. The van der Waals surface area contributed by atoms with Crippen LogP contribution in [0.2, 0.25) is 0 Å². The first-order chi connectivity index (χ1) is 6.83. The van der Waals surface area contributed by atoms with Gasteiger partial charge in [-0.3, -0.25) is 0 Å². The van der Waals surface area contributed by atoms with Crippen LogP contribution in [0.3, 0.4) is 0 Å². The van der Waals surface area contributed by atoms with E-state index in [0.717, 1.165) is 12.5 Å². The lowest BCUT2D eigenvalue weighted by Crippen LogP contribution is -2.35. The van der Waals surface area contributed by atoms with Crippen LogP contribution in [0.1, 0.15) is 39.5 Å². The summed E-state index contributed by atoms with van der Waals surface area (Å²) in [5.41, 5.74) is 1.45. The van der Waals surface area contributed by atoms with Crippen molar-refractivity contribution < 1.29 is 4.74 Å². The van der Waals surface area contributed by atoms with Crippen molar-refractivity contribution in [2.24, 2.45) is 5.92 Å². The third-order valence-corrected chi connectivity index (χ3v) is 3.19. The predicted octanol–water partition coefficient (Wildman–Crippen LogP) is 2.70. The van der Waals surface area contributed by atoms with Gasteiger partial charge in [0, 0.05) is 6.04 Å². The van der Waals surface area contributed by atoms with E-state index in [1.54, 1.807) is 0 Å². The molecule has 2 heteroatoms. The van der Waals surface area contributed by atoms with Crippen LogP contribution in [0.5, 0.6) is 0 Å². The first-order valence-electron chi connectivity index (χ1n) is 5.81. The molecule has 2 nitrogen and oxygen atoms in total. The Morgan fingerprint density at radius 2 is 2.14 bits per heavy atom. The summed E-state index contributed by atoms with van der Waals surface area (Å²) < 4.78 is 5.40. The fourth-order valence-corrected chi connectivity index (χ4v) is 2.30. The lowest BCUT2D eigenvalue weighted by atomic mass is 9.87. The SMILES string of the molecule is CCC(CC)C(NC)C1=COCCC1. The minimum absolute atomic E-state index is 0.519. The van der Waals surface area contributed by atoms with Gasteiger partial charge in [0.25, 0.3) is 0 Å². The van der Waals surface area contributed by atoms with E-state index in [2.05, 4.69) is 26.2 Å². The Kier molecular flexibility index (Phi) is 5.02. The Morgan fingerprint density at radius 1 is 1.43 bits per heavy atom. The van der Waals surface area contributed by atoms with Gasteiger partial charge in [0.2, 0.25) is 0 Å². The van der Waals surface area contributed by atoms with Crippen molar-refractivity contribution in [1.82, 2.24) is 5.32 Å². The van der Waals surface area contributed by atoms with Crippen LogP contribution in [-0.4, -0.2) is 19.7 Å². The van der Waals surface area contributed by atoms with E-state index in [1.807, 2.05) is 6.26 Å². The van der Waals surface area contributed by atoms with Gasteiger partial charge in [-0.15, -0.1) is 0 Å². The molecule has 0 spiro atoms. The van der Waals surface area contributed by atoms with Crippen LogP contribution in [0.15, 0.2) is 11.8 Å². The summed E-state index contributed by atoms with van der Waals surface area (Å²) in [6.45, 7) is 5.42. The molecule has 0 saturated heterocycles. The van der Waals surface area contributed by atoms with Crippen molar-refractivity contribution in [3.05, 3.63) is 11.8 Å². The minimum Gasteiger partial charge on any atom is -0.501 e. The van der Waals surface area contributed by atoms with Crippen molar-refractivity contribution in [2.45, 2.75) is 45.6 Å². The van der Waals surface area contributed by atoms with Gasteiger partial charge in [-0.25, -0.2) is 0 Å². The largest absolute Gasteiger partial charge is 0.501 e. The molecule has 1 aliphatic rings. The standard InChI is InChI=1S/C12H23NO/c1-4-10(5-2)12(13-3)11-7-6-8-14-9-11/h9-10,12-13H,4-8H2,1-3H3. The first kappa shape index (κ1) is 11.6. The van der Waals surface area contributed by atoms with Crippen molar-refractivity contribution in [1.29, 1.82) is 0 Å². The van der Waals surface area contributed by atoms with Crippen LogP contribution < -0.4 is 5.32 Å². The second kappa shape index (κ2) is 6.07. The Hall–Kier alpha value is -0.500. The fraction of sp³-hybridized carbons (Fsp3) is 0.833. The average Bonchev–Trinajstić information content (AvgIpc) is 2.27. The number of hydrogen-bond acceptors (Lipinski definition) is 2. The normalized spacial score (nSPS) is 19.0. The molecule has 1 atom stereocenters. The molecule has 1 aliphatic heterocycles. The van der Waals surface area contributed by atoms with E-state index >= 15 is 0 Å². The quantitative estimate of drug-likeness (QED) is 0.731. The van der Waals surface area contributed by atoms with E-state index in [-0.39, 0.29) is 0 Å². The van der Waals surface area contributed by atoms with Gasteiger partial charge in [0.05, 0.1) is 12.9 Å². The third-order valence-electron chi connectivity index (χ3n) is 3.19. The minimum atomic E-state index is 0.519. The molecule has 0 amide bonds. The Morgan fingerprint density at radius 3 is 2.57 bits per heavy atom. The summed E-state index contributed by atoms with van der Waals surface area (Å²) in [7, 11) is 2.05. The highest BCUT2D eigenvalue weighted by molar-refractivity contribution is 5.11. The zero-order chi connectivity index (χ0) is 10.4. The van der Waals surface area contributed by atoms with Crippen molar-refractivity contribution in [2.75, 3.05) is 13.7 Å². The monoisotopic (exact) mass is 197 g/mol. The van der Waals surface area contributed by atoms with Gasteiger partial charge in [0.15, 0.2) is 0 Å². The van der Waals surface area contributed by atoms with E-state index in [9.17, 15) is 0 Å². The van der Waals surface area contributed by atoms with Crippen LogP contribution in [0.25, 0.3) is 0 Å². The molecule has 0 radical (unpaired) electrons. The third kappa shape index (κ3) is 2.74. The van der Waals surface area contributed by atoms with E-state index in [0.29, 0.717) is 6.04 Å². The van der Waals surface area contributed by atoms with Crippen LogP contribution in [0.4, 0.5) is 0 Å². The number of likely N-dealkylation sites (N-methyl/N-ethyl adjacent to an activating group) is 1. The van der Waals surface area contributed by atoms with Crippen LogP contribution in [-0.2, 0) is 4.74 Å². The molecule has 0 aromatic heterocycles. The molecule has 0 bridgehead atoms. The van der Waals surface area contributed by atoms with Crippen molar-refractivity contribution in [3.63, 3.8) is 0 Å². The summed E-state index contributed by atoms with van der Waals surface area (Å²) in [6, 6.07) is 0.519. The molecule has 14 heavy (non-hydrogen) atoms. The Balaban J connectivity index is 2.63. The lowest BCUT2D eigenvalue weighted by molar-refractivity contribution is 0.213. The zero-order valence-electron chi connectivity index (χ0n) is 9.68. The van der Waals surface area contributed by atoms with Crippen LogP contribution >= 0.6 is 0 Å². The fourth-order valence-electron chi connectivity index (χ4n) is 2.30. The summed E-state index contributed by atoms with van der Waals surface area (Å²) in [6.07, 6.45) is 6.81. The van der Waals surface area contributed by atoms with Gasteiger partial charge in [0.1, 0.15) is 0 Å². The molecule has 0 fully saturated rings. The number of hydrogen-bond donors (Lipinski definition) is 1. The summed E-state index contributed by atoms with van der Waals surface area (Å²) in [4.78, 5) is 0. The molecular formula is C12H23NO. The van der Waals surface area contributed by atoms with Gasteiger partial charge in [-0.1, -0.05) is 26.7 Å². The highest BCUT2D eigenvalue weighted by Crippen LogP contribution is 2.24. The zero-order valence-corrected chi connectivity index (χ0v) is 9.68. The van der Waals surface area contributed by atoms with Crippen molar-refractivity contribution >= 4 is 0 Å². The second-order valence-corrected chi connectivity index (χ2v) is 4.01. The second-order valence-electron chi connectivity index (χ2n) is 4.01. The highest BCUT2D eigenvalue weighted by atomic mass is 16.5. The van der Waals surface area contributed by atoms with E-state index < -0.39 is 0 Å². The smallest absolute Gasteiger partial charge is 0.0876 e. The molecule has 0 aliphatic carbocycles. The molecule has 1 heterocycles. The average molecular weight is 197 g/mol. The summed E-state index contributed by atoms with van der Waals surface area (Å²) in [5.74, 6) is 0.743. The Labute approximate surface area is 87.7 Å². The van der Waals surface area contributed by atoms with Gasteiger partial charge in [-0.2, -0.15) is 0 Å². The molecule has 1 rings (SSSR count). The van der Waals surface area contributed by atoms with Crippen LogP contribution in [0, 0.1) is 5.92 Å². The van der Waals surface area contributed by atoms with E-state index in [1.165, 1.54) is 31.3 Å².